The predicted molar refractivity (Wildman–Crippen MR) is 75.9 cm³/mol. The van der Waals surface area contributed by atoms with Crippen molar-refractivity contribution in [3.63, 3.8) is 0 Å². The Hall–Kier alpha value is -0.810. The molecule has 0 aliphatic carbocycles. The van der Waals surface area contributed by atoms with Gasteiger partial charge in [0.1, 0.15) is 11.6 Å². The molecule has 0 bridgehead atoms. The van der Waals surface area contributed by atoms with E-state index in [0.717, 1.165) is 18.9 Å². The van der Waals surface area contributed by atoms with Crippen LogP contribution in [0, 0.1) is 17.6 Å². The second-order valence-corrected chi connectivity index (χ2v) is 6.83. The molecule has 2 nitrogen and oxygen atoms in total. The van der Waals surface area contributed by atoms with Crippen LogP contribution in [0.4, 0.5) is 8.78 Å². The van der Waals surface area contributed by atoms with Crippen LogP contribution in [0.25, 0.3) is 0 Å². The maximum Gasteiger partial charge on any atom is 0.130 e. The van der Waals surface area contributed by atoms with Crippen LogP contribution in [0.15, 0.2) is 18.2 Å². The molecular formula is C15H20F2O2S. The maximum atomic E-state index is 13.8. The Balaban J connectivity index is 2.08. The fraction of sp³-hybridized carbons (Fsp3) is 0.600. The van der Waals surface area contributed by atoms with Crippen LogP contribution in [-0.2, 0) is 15.5 Å². The summed E-state index contributed by atoms with van der Waals surface area (Å²) in [6, 6.07) is 3.51. The van der Waals surface area contributed by atoms with Gasteiger partial charge in [-0.05, 0) is 31.2 Å². The van der Waals surface area contributed by atoms with E-state index in [0.29, 0.717) is 36.9 Å². The Kier molecular flexibility index (Phi) is 5.66. The molecule has 1 aliphatic rings. The molecule has 2 rings (SSSR count). The van der Waals surface area contributed by atoms with Crippen LogP contribution in [0.2, 0.25) is 0 Å². The lowest BCUT2D eigenvalue weighted by Crippen LogP contribution is -2.23. The molecule has 20 heavy (non-hydrogen) atoms. The summed E-state index contributed by atoms with van der Waals surface area (Å²) in [5, 5.41) is -0.363. The lowest BCUT2D eigenvalue weighted by Gasteiger charge is -2.24. The van der Waals surface area contributed by atoms with Gasteiger partial charge in [-0.1, -0.05) is 13.0 Å². The van der Waals surface area contributed by atoms with E-state index in [9.17, 15) is 13.0 Å². The minimum atomic E-state index is -1.14. The maximum absolute atomic E-state index is 13.8. The molecule has 1 aromatic carbocycles. The molecule has 0 saturated carbocycles. The Labute approximate surface area is 121 Å². The molecule has 5 heteroatoms. The van der Waals surface area contributed by atoms with E-state index in [1.54, 1.807) is 0 Å². The van der Waals surface area contributed by atoms with E-state index in [2.05, 4.69) is 0 Å². The first-order valence-corrected chi connectivity index (χ1v) is 8.40. The van der Waals surface area contributed by atoms with Gasteiger partial charge in [0, 0.05) is 41.4 Å². The van der Waals surface area contributed by atoms with Gasteiger partial charge in [-0.2, -0.15) is 0 Å². The molecule has 0 radical (unpaired) electrons. The lowest BCUT2D eigenvalue weighted by atomic mass is 10.0. The summed E-state index contributed by atoms with van der Waals surface area (Å²) in [6.07, 6.45) is 2.40. The van der Waals surface area contributed by atoms with Crippen molar-refractivity contribution in [2.75, 3.05) is 19.0 Å². The average Bonchev–Trinajstić information content (AvgIpc) is 2.43. The van der Waals surface area contributed by atoms with E-state index in [1.165, 1.54) is 12.1 Å². The van der Waals surface area contributed by atoms with E-state index >= 15 is 0 Å². The largest absolute Gasteiger partial charge is 0.381 e. The smallest absolute Gasteiger partial charge is 0.130 e. The molecule has 1 aromatic rings. The van der Waals surface area contributed by atoms with Gasteiger partial charge in [0.2, 0.25) is 0 Å². The third kappa shape index (κ3) is 3.85. The Bertz CT molecular complexity index is 473. The van der Waals surface area contributed by atoms with Gasteiger partial charge in [-0.3, -0.25) is 4.21 Å². The molecule has 0 spiro atoms. The van der Waals surface area contributed by atoms with Crippen molar-refractivity contribution in [2.45, 2.75) is 31.4 Å². The summed E-state index contributed by atoms with van der Waals surface area (Å²) in [4.78, 5) is 0. The van der Waals surface area contributed by atoms with Crippen LogP contribution in [0.1, 0.15) is 37.0 Å². The molecule has 0 N–H and O–H groups in total. The third-order valence-electron chi connectivity index (χ3n) is 3.74. The fourth-order valence-electron chi connectivity index (χ4n) is 2.57. The van der Waals surface area contributed by atoms with Gasteiger partial charge in [0.25, 0.3) is 0 Å². The molecule has 2 atom stereocenters. The van der Waals surface area contributed by atoms with E-state index in [1.807, 2.05) is 6.92 Å². The Morgan fingerprint density at radius 3 is 2.65 bits per heavy atom. The van der Waals surface area contributed by atoms with Crippen LogP contribution in [-0.4, -0.2) is 23.2 Å². The Morgan fingerprint density at radius 2 is 2.05 bits per heavy atom. The first kappa shape index (κ1) is 15.6. The molecule has 0 aromatic heterocycles. The molecule has 0 amide bonds. The highest BCUT2D eigenvalue weighted by atomic mass is 32.2. The van der Waals surface area contributed by atoms with Gasteiger partial charge in [0.05, 0.1) is 5.25 Å². The van der Waals surface area contributed by atoms with E-state index < -0.39 is 22.4 Å². The van der Waals surface area contributed by atoms with Crippen molar-refractivity contribution in [1.82, 2.24) is 0 Å². The first-order chi connectivity index (χ1) is 9.61. The standard InChI is InChI=1S/C15H20F2O2S/c1-2-15(13-4-3-12(16)9-14(13)17)20(18)10-11-5-7-19-8-6-11/h3-4,9,11,15H,2,5-8,10H2,1H3/t15-,20+/m1/s1. The highest BCUT2D eigenvalue weighted by Crippen LogP contribution is 2.29. The summed E-state index contributed by atoms with van der Waals surface area (Å²) >= 11 is 0. The normalized spacial score (nSPS) is 19.8. The quantitative estimate of drug-likeness (QED) is 0.831. The van der Waals surface area contributed by atoms with E-state index in [4.69, 9.17) is 4.74 Å². The van der Waals surface area contributed by atoms with Crippen molar-refractivity contribution in [3.8, 4) is 0 Å². The van der Waals surface area contributed by atoms with Crippen molar-refractivity contribution in [1.29, 1.82) is 0 Å². The fourth-order valence-corrected chi connectivity index (χ4v) is 4.45. The van der Waals surface area contributed by atoms with Gasteiger partial charge in [-0.15, -0.1) is 0 Å². The minimum Gasteiger partial charge on any atom is -0.381 e. The number of ether oxygens (including phenoxy) is 1. The van der Waals surface area contributed by atoms with Crippen LogP contribution >= 0.6 is 0 Å². The summed E-state index contributed by atoms with van der Waals surface area (Å²) in [5.41, 5.74) is 0.360. The van der Waals surface area contributed by atoms with Crippen molar-refractivity contribution in [3.05, 3.63) is 35.4 Å². The second kappa shape index (κ2) is 7.27. The molecular weight excluding hydrogens is 282 g/mol. The third-order valence-corrected chi connectivity index (χ3v) is 5.76. The molecule has 1 aliphatic heterocycles. The number of benzene rings is 1. The molecule has 112 valence electrons. The van der Waals surface area contributed by atoms with Gasteiger partial charge in [0.15, 0.2) is 0 Å². The zero-order valence-corrected chi connectivity index (χ0v) is 12.4. The topological polar surface area (TPSA) is 26.3 Å². The van der Waals surface area contributed by atoms with E-state index in [-0.39, 0.29) is 5.25 Å². The summed E-state index contributed by atoms with van der Waals surface area (Å²) in [5.74, 6) is -0.255. The number of hydrogen-bond donors (Lipinski definition) is 0. The number of rotatable bonds is 5. The van der Waals surface area contributed by atoms with Crippen LogP contribution in [0.3, 0.4) is 0 Å². The van der Waals surface area contributed by atoms with Crippen molar-refractivity contribution in [2.24, 2.45) is 5.92 Å². The zero-order valence-electron chi connectivity index (χ0n) is 11.6. The number of halogens is 2. The highest BCUT2D eigenvalue weighted by Gasteiger charge is 2.24. The average molecular weight is 302 g/mol. The van der Waals surface area contributed by atoms with Crippen LogP contribution < -0.4 is 0 Å². The molecule has 1 fully saturated rings. The van der Waals surface area contributed by atoms with Gasteiger partial charge < -0.3 is 4.74 Å². The lowest BCUT2D eigenvalue weighted by molar-refractivity contribution is 0.0725. The predicted octanol–water partition coefficient (Wildman–Crippen LogP) is 3.59. The number of hydrogen-bond acceptors (Lipinski definition) is 2. The monoisotopic (exact) mass is 302 g/mol. The van der Waals surface area contributed by atoms with Crippen LogP contribution in [0.5, 0.6) is 0 Å². The SMILES string of the molecule is CC[C@H](c1ccc(F)cc1F)[S@@](=O)CC1CCOCC1. The van der Waals surface area contributed by atoms with Gasteiger partial charge >= 0.3 is 0 Å². The molecule has 0 unspecified atom stereocenters. The summed E-state index contributed by atoms with van der Waals surface area (Å²) in [7, 11) is -1.14. The zero-order chi connectivity index (χ0) is 14.5. The molecule has 1 saturated heterocycles. The summed E-state index contributed by atoms with van der Waals surface area (Å²) < 4.78 is 44.6. The molecule has 1 heterocycles. The summed E-state index contributed by atoms with van der Waals surface area (Å²) in [6.45, 7) is 3.31. The second-order valence-electron chi connectivity index (χ2n) is 5.17. The van der Waals surface area contributed by atoms with Crippen molar-refractivity contribution < 1.29 is 17.7 Å². The Morgan fingerprint density at radius 1 is 1.35 bits per heavy atom. The first-order valence-electron chi connectivity index (χ1n) is 7.01. The highest BCUT2D eigenvalue weighted by molar-refractivity contribution is 7.85. The van der Waals surface area contributed by atoms with Crippen molar-refractivity contribution >= 4 is 10.8 Å². The van der Waals surface area contributed by atoms with Gasteiger partial charge in [-0.25, -0.2) is 8.78 Å². The minimum absolute atomic E-state index is 0.360.